The number of hydrogen-bond donors (Lipinski definition) is 2. The summed E-state index contributed by atoms with van der Waals surface area (Å²) in [6, 6.07) is 0. The van der Waals surface area contributed by atoms with E-state index in [-0.39, 0.29) is 0 Å². The summed E-state index contributed by atoms with van der Waals surface area (Å²) in [5.41, 5.74) is 0. The average Bonchev–Trinajstić information content (AvgIpc) is 2.14. The molecular weight excluding hydrogens is 138 g/mol. The first-order chi connectivity index (χ1) is 4.20. The Hall–Kier alpha value is -0.550. The second kappa shape index (κ2) is 2.36. The molecule has 0 saturated heterocycles. The lowest BCUT2D eigenvalue weighted by atomic mass is 10.7. The molecule has 0 bridgehead atoms. The van der Waals surface area contributed by atoms with Gasteiger partial charge in [0.15, 0.2) is 0 Å². The average molecular weight is 145 g/mol. The third-order valence-electron chi connectivity index (χ3n) is 0.881. The van der Waals surface area contributed by atoms with Crippen LogP contribution in [0.15, 0.2) is 11.2 Å². The number of aliphatic hydroxyl groups is 1. The summed E-state index contributed by atoms with van der Waals surface area (Å²) in [6.07, 6.45) is 0.923. The van der Waals surface area contributed by atoms with Gasteiger partial charge in [-0.2, -0.15) is 0 Å². The van der Waals surface area contributed by atoms with Crippen molar-refractivity contribution in [1.29, 1.82) is 0 Å². The number of hydrogen-bond acceptors (Lipinski definition) is 4. The molecule has 0 aliphatic rings. The van der Waals surface area contributed by atoms with Crippen LogP contribution in [0.5, 0.6) is 0 Å². The van der Waals surface area contributed by atoms with Crippen LogP contribution in [0.25, 0.3) is 0 Å². The third-order valence-corrected chi connectivity index (χ3v) is 1.09. The van der Waals surface area contributed by atoms with Gasteiger partial charge in [-0.3, -0.25) is 0 Å². The molecule has 1 atom stereocenters. The molecule has 1 aromatic heterocycles. The van der Waals surface area contributed by atoms with Gasteiger partial charge in [0.25, 0.3) is 0 Å². The highest BCUT2D eigenvalue weighted by Gasteiger charge is 1.99. The lowest BCUT2D eigenvalue weighted by molar-refractivity contribution is 0.108. The molecule has 0 spiro atoms. The van der Waals surface area contributed by atoms with Gasteiger partial charge in [-0.25, -0.2) is 4.68 Å². The minimum atomic E-state index is -0.626. The van der Waals surface area contributed by atoms with Crippen LogP contribution < -0.4 is 0 Å². The van der Waals surface area contributed by atoms with E-state index in [4.69, 9.17) is 5.11 Å². The summed E-state index contributed by atoms with van der Waals surface area (Å²) in [7, 11) is 0. The Kier molecular flexibility index (Phi) is 1.73. The first-order valence-electron chi connectivity index (χ1n) is 2.49. The van der Waals surface area contributed by atoms with Crippen molar-refractivity contribution in [3.63, 3.8) is 0 Å². The van der Waals surface area contributed by atoms with Gasteiger partial charge >= 0.3 is 0 Å². The maximum Gasteiger partial charge on any atom is 0.146 e. The number of thiol groups is 1. The second-order valence-electron chi connectivity index (χ2n) is 1.69. The lowest BCUT2D eigenvalue weighted by Gasteiger charge is -1.99. The highest BCUT2D eigenvalue weighted by Crippen LogP contribution is 2.01. The minimum absolute atomic E-state index is 0.510. The van der Waals surface area contributed by atoms with Crippen LogP contribution in [0, 0.1) is 0 Å². The smallest absolute Gasteiger partial charge is 0.146 e. The predicted molar refractivity (Wildman–Crippen MR) is 34.2 cm³/mol. The number of aromatic nitrogens is 3. The van der Waals surface area contributed by atoms with Gasteiger partial charge in [0, 0.05) is 0 Å². The normalized spacial score (nSPS) is 13.7. The van der Waals surface area contributed by atoms with Gasteiger partial charge in [0.05, 0.1) is 6.20 Å². The zero-order valence-corrected chi connectivity index (χ0v) is 5.79. The van der Waals surface area contributed by atoms with E-state index >= 15 is 0 Å². The quantitative estimate of drug-likeness (QED) is 0.550. The van der Waals surface area contributed by atoms with Crippen molar-refractivity contribution in [2.45, 2.75) is 18.2 Å². The molecule has 4 nitrogen and oxygen atoms in total. The van der Waals surface area contributed by atoms with E-state index in [2.05, 4.69) is 22.9 Å². The molecule has 1 rings (SSSR count). The summed E-state index contributed by atoms with van der Waals surface area (Å²) in [6.45, 7) is 1.60. The van der Waals surface area contributed by atoms with E-state index in [9.17, 15) is 0 Å². The number of nitrogens with zero attached hydrogens (tertiary/aromatic N) is 3. The summed E-state index contributed by atoms with van der Waals surface area (Å²) < 4.78 is 1.32. The molecule has 0 fully saturated rings. The minimum Gasteiger partial charge on any atom is -0.372 e. The van der Waals surface area contributed by atoms with Crippen LogP contribution in [-0.4, -0.2) is 20.1 Å². The highest BCUT2D eigenvalue weighted by molar-refractivity contribution is 7.80. The largest absolute Gasteiger partial charge is 0.372 e. The van der Waals surface area contributed by atoms with Crippen molar-refractivity contribution in [3.05, 3.63) is 6.20 Å². The monoisotopic (exact) mass is 145 g/mol. The second-order valence-corrected chi connectivity index (χ2v) is 2.15. The molecule has 0 aromatic carbocycles. The van der Waals surface area contributed by atoms with Crippen LogP contribution in [0.1, 0.15) is 13.2 Å². The van der Waals surface area contributed by atoms with Gasteiger partial charge in [0.2, 0.25) is 0 Å². The fourth-order valence-electron chi connectivity index (χ4n) is 0.450. The molecule has 0 amide bonds. The van der Waals surface area contributed by atoms with Crippen molar-refractivity contribution >= 4 is 12.6 Å². The van der Waals surface area contributed by atoms with Crippen molar-refractivity contribution in [1.82, 2.24) is 15.0 Å². The van der Waals surface area contributed by atoms with E-state index in [0.717, 1.165) is 0 Å². The molecule has 1 unspecified atom stereocenters. The van der Waals surface area contributed by atoms with E-state index in [0.29, 0.717) is 5.03 Å². The van der Waals surface area contributed by atoms with Crippen molar-refractivity contribution in [3.8, 4) is 0 Å². The van der Waals surface area contributed by atoms with Crippen LogP contribution in [0.2, 0.25) is 0 Å². The molecule has 50 valence electrons. The lowest BCUT2D eigenvalue weighted by Crippen LogP contribution is -2.03. The topological polar surface area (TPSA) is 50.9 Å². The Balaban J connectivity index is 2.85. The summed E-state index contributed by atoms with van der Waals surface area (Å²) >= 11 is 3.89. The molecule has 1 aromatic rings. The fourth-order valence-corrected chi connectivity index (χ4v) is 0.608. The summed E-state index contributed by atoms with van der Waals surface area (Å²) in [5, 5.41) is 16.5. The Morgan fingerprint density at radius 2 is 2.56 bits per heavy atom. The third kappa shape index (κ3) is 1.43. The molecule has 5 heteroatoms. The maximum absolute atomic E-state index is 8.86. The van der Waals surface area contributed by atoms with E-state index in [1.54, 1.807) is 13.1 Å². The Bertz CT molecular complexity index is 197. The molecule has 1 heterocycles. The highest BCUT2D eigenvalue weighted by atomic mass is 32.1. The molecule has 1 N–H and O–H groups in total. The molecule has 0 radical (unpaired) electrons. The SMILES string of the molecule is CC(O)n1cc(S)nn1. The maximum atomic E-state index is 8.86. The van der Waals surface area contributed by atoms with E-state index in [1.807, 2.05) is 0 Å². The Labute approximate surface area is 57.9 Å². The molecule has 9 heavy (non-hydrogen) atoms. The Morgan fingerprint density at radius 1 is 1.89 bits per heavy atom. The van der Waals surface area contributed by atoms with Crippen molar-refractivity contribution < 1.29 is 5.11 Å². The summed E-state index contributed by atoms with van der Waals surface area (Å²) in [4.78, 5) is 0. The zero-order valence-electron chi connectivity index (χ0n) is 4.89. The van der Waals surface area contributed by atoms with E-state index in [1.165, 1.54) is 4.68 Å². The van der Waals surface area contributed by atoms with Gasteiger partial charge in [-0.05, 0) is 6.92 Å². The first kappa shape index (κ1) is 6.57. The summed E-state index contributed by atoms with van der Waals surface area (Å²) in [5.74, 6) is 0. The van der Waals surface area contributed by atoms with Gasteiger partial charge in [-0.15, -0.1) is 17.7 Å². The number of aliphatic hydroxyl groups excluding tert-OH is 1. The van der Waals surface area contributed by atoms with Crippen LogP contribution >= 0.6 is 12.6 Å². The molecular formula is C4H7N3OS. The van der Waals surface area contributed by atoms with Gasteiger partial charge in [0.1, 0.15) is 11.3 Å². The Morgan fingerprint density at radius 3 is 2.78 bits per heavy atom. The van der Waals surface area contributed by atoms with Crippen LogP contribution in [0.4, 0.5) is 0 Å². The fraction of sp³-hybridized carbons (Fsp3) is 0.500. The molecule has 0 saturated carbocycles. The first-order valence-corrected chi connectivity index (χ1v) is 2.94. The van der Waals surface area contributed by atoms with Crippen molar-refractivity contribution in [2.24, 2.45) is 0 Å². The number of rotatable bonds is 1. The van der Waals surface area contributed by atoms with Crippen LogP contribution in [-0.2, 0) is 0 Å². The zero-order chi connectivity index (χ0) is 6.85. The van der Waals surface area contributed by atoms with Crippen molar-refractivity contribution in [2.75, 3.05) is 0 Å². The van der Waals surface area contributed by atoms with E-state index < -0.39 is 6.23 Å². The molecule has 0 aliphatic heterocycles. The molecule has 0 aliphatic carbocycles. The van der Waals surface area contributed by atoms with Crippen LogP contribution in [0.3, 0.4) is 0 Å². The van der Waals surface area contributed by atoms with Gasteiger partial charge in [-0.1, -0.05) is 5.21 Å². The predicted octanol–water partition coefficient (Wildman–Crippen LogP) is 0.0776. The van der Waals surface area contributed by atoms with Gasteiger partial charge < -0.3 is 5.11 Å². The standard InChI is InChI=1S/C4H7N3OS/c1-3(8)7-2-4(9)5-6-7/h2-3,8-9H,1H3.